The molecule has 2 unspecified atom stereocenters. The third-order valence-corrected chi connectivity index (χ3v) is 7.52. The van der Waals surface area contributed by atoms with Gasteiger partial charge in [0.15, 0.2) is 5.78 Å². The number of Topliss-reactive ketones (excluding diaryl/α,β-unsaturated/α-hetero) is 1. The van der Waals surface area contributed by atoms with Gasteiger partial charge in [-0.3, -0.25) is 9.59 Å². The first-order valence-electron chi connectivity index (χ1n) is 10.6. The number of ether oxygens (including phenoxy) is 2. The van der Waals surface area contributed by atoms with Gasteiger partial charge in [0, 0.05) is 49.6 Å². The normalized spacial score (nSPS) is 20.6. The second-order valence-corrected chi connectivity index (χ2v) is 9.95. The van der Waals surface area contributed by atoms with Crippen LogP contribution in [0.3, 0.4) is 0 Å². The average Bonchev–Trinajstić information content (AvgIpc) is 3.12. The molecule has 7 heteroatoms. The maximum atomic E-state index is 12.9. The molecule has 0 fully saturated rings. The Hall–Kier alpha value is -2.57. The van der Waals surface area contributed by atoms with E-state index in [4.69, 9.17) is 21.1 Å². The van der Waals surface area contributed by atoms with E-state index in [1.54, 1.807) is 17.4 Å². The molecule has 1 aromatic carbocycles. The Balaban J connectivity index is 1.69. The molecule has 2 atom stereocenters. The topological polar surface area (TPSA) is 64.6 Å². The molecule has 2 aromatic rings. The molecule has 5 nitrogen and oxygen atoms in total. The summed E-state index contributed by atoms with van der Waals surface area (Å²) in [4.78, 5) is 27.7. The molecule has 0 bridgehead atoms. The highest BCUT2D eigenvalue weighted by molar-refractivity contribution is 7.12. The molecule has 2 aliphatic rings. The van der Waals surface area contributed by atoms with Crippen LogP contribution in [0.1, 0.15) is 46.1 Å². The number of allylic oxidation sites excluding steroid dienone is 2. The number of aryl methyl sites for hydroxylation is 2. The Bertz CT molecular complexity index is 1130. The second-order valence-electron chi connectivity index (χ2n) is 8.23. The van der Waals surface area contributed by atoms with E-state index in [0.717, 1.165) is 45.2 Å². The number of carbonyl (C=O) groups is 2. The van der Waals surface area contributed by atoms with Gasteiger partial charge in [-0.1, -0.05) is 18.2 Å². The minimum atomic E-state index is -0.647. The number of rotatable bonds is 5. The van der Waals surface area contributed by atoms with Gasteiger partial charge in [0.1, 0.15) is 18.3 Å². The number of halogens is 1. The van der Waals surface area contributed by atoms with E-state index in [-0.39, 0.29) is 5.78 Å². The zero-order valence-corrected chi connectivity index (χ0v) is 20.0. The third kappa shape index (κ3) is 4.21. The lowest BCUT2D eigenvalue weighted by atomic mass is 9.74. The van der Waals surface area contributed by atoms with E-state index < -0.39 is 17.8 Å². The SMILES string of the molecule is C=C1NC2=C(C(=O)CCC2)C(c2cc(COc3ccc(Cl)cc3C)c(C)s2)C1C(=O)OC. The number of thiophene rings is 1. The molecular weight excluding hydrogens is 446 g/mol. The summed E-state index contributed by atoms with van der Waals surface area (Å²) in [6.45, 7) is 8.46. The van der Waals surface area contributed by atoms with Crippen molar-refractivity contribution < 1.29 is 19.1 Å². The number of hydrogen-bond acceptors (Lipinski definition) is 6. The molecule has 0 spiro atoms. The maximum Gasteiger partial charge on any atom is 0.315 e. The van der Waals surface area contributed by atoms with E-state index in [0.29, 0.717) is 29.3 Å². The van der Waals surface area contributed by atoms with Gasteiger partial charge in [-0.15, -0.1) is 11.3 Å². The van der Waals surface area contributed by atoms with Gasteiger partial charge in [0.05, 0.1) is 7.11 Å². The van der Waals surface area contributed by atoms with E-state index in [2.05, 4.69) is 18.0 Å². The van der Waals surface area contributed by atoms with Gasteiger partial charge >= 0.3 is 5.97 Å². The first kappa shape index (κ1) is 22.6. The van der Waals surface area contributed by atoms with Crippen molar-refractivity contribution in [2.45, 2.75) is 45.6 Å². The largest absolute Gasteiger partial charge is 0.489 e. The van der Waals surface area contributed by atoms with Crippen molar-refractivity contribution in [3.63, 3.8) is 0 Å². The first-order valence-corrected chi connectivity index (χ1v) is 11.8. The van der Waals surface area contributed by atoms with Gasteiger partial charge in [-0.2, -0.15) is 0 Å². The van der Waals surface area contributed by atoms with Crippen molar-refractivity contribution in [2.24, 2.45) is 5.92 Å². The van der Waals surface area contributed by atoms with Gasteiger partial charge in [-0.25, -0.2) is 0 Å². The molecule has 1 aliphatic heterocycles. The second kappa shape index (κ2) is 9.12. The highest BCUT2D eigenvalue weighted by Crippen LogP contribution is 2.47. The number of esters is 1. The number of hydrogen-bond donors (Lipinski definition) is 1. The first-order chi connectivity index (χ1) is 15.3. The summed E-state index contributed by atoms with van der Waals surface area (Å²) in [7, 11) is 1.37. The van der Waals surface area contributed by atoms with Crippen LogP contribution in [0.25, 0.3) is 0 Å². The lowest BCUT2D eigenvalue weighted by Crippen LogP contribution is -2.40. The zero-order chi connectivity index (χ0) is 23.0. The summed E-state index contributed by atoms with van der Waals surface area (Å²) in [5.41, 5.74) is 4.15. The monoisotopic (exact) mass is 471 g/mol. The van der Waals surface area contributed by atoms with Crippen molar-refractivity contribution in [1.82, 2.24) is 5.32 Å². The van der Waals surface area contributed by atoms with Crippen LogP contribution in [-0.4, -0.2) is 18.9 Å². The van der Waals surface area contributed by atoms with Crippen LogP contribution in [0.4, 0.5) is 0 Å². The van der Waals surface area contributed by atoms with Gasteiger partial charge in [0.25, 0.3) is 0 Å². The van der Waals surface area contributed by atoms with Crippen LogP contribution >= 0.6 is 22.9 Å². The predicted molar refractivity (Wildman–Crippen MR) is 126 cm³/mol. The molecule has 0 saturated heterocycles. The van der Waals surface area contributed by atoms with Crippen LogP contribution in [-0.2, 0) is 20.9 Å². The summed E-state index contributed by atoms with van der Waals surface area (Å²) in [5, 5.41) is 3.90. The van der Waals surface area contributed by atoms with Crippen molar-refractivity contribution in [3.05, 3.63) is 73.7 Å². The molecule has 168 valence electrons. The maximum absolute atomic E-state index is 12.9. The van der Waals surface area contributed by atoms with Gasteiger partial charge in [0.2, 0.25) is 0 Å². The predicted octanol–water partition coefficient (Wildman–Crippen LogP) is 5.59. The minimum Gasteiger partial charge on any atom is -0.489 e. The summed E-state index contributed by atoms with van der Waals surface area (Å²) in [6.07, 6.45) is 2.07. The summed E-state index contributed by atoms with van der Waals surface area (Å²) in [6, 6.07) is 7.59. The number of methoxy groups -OCH3 is 1. The Kier molecular flexibility index (Phi) is 6.45. The number of nitrogens with one attached hydrogen (secondary N) is 1. The third-order valence-electron chi connectivity index (χ3n) is 6.11. The van der Waals surface area contributed by atoms with Crippen LogP contribution in [0, 0.1) is 19.8 Å². The highest BCUT2D eigenvalue weighted by Gasteiger charge is 2.44. The molecule has 1 N–H and O–H groups in total. The molecule has 0 amide bonds. The molecule has 4 rings (SSSR count). The standard InChI is InChI=1S/C25H26ClNO4S/c1-13-10-17(26)8-9-20(13)31-12-16-11-21(32-15(16)3)24-22(25(29)30-4)14(2)27-18-6-5-7-19(28)23(18)24/h8-11,22,24,27H,2,5-7,12H2,1,3-4H3. The van der Waals surface area contributed by atoms with Gasteiger partial charge in [-0.05, 0) is 56.5 Å². The Morgan fingerprint density at radius 1 is 1.28 bits per heavy atom. The van der Waals surface area contributed by atoms with Crippen molar-refractivity contribution in [3.8, 4) is 5.75 Å². The van der Waals surface area contributed by atoms with Crippen LogP contribution < -0.4 is 10.1 Å². The lowest BCUT2D eigenvalue weighted by molar-refractivity contribution is -0.144. The minimum absolute atomic E-state index is 0.0887. The van der Waals surface area contributed by atoms with E-state index in [1.807, 2.05) is 26.0 Å². The lowest BCUT2D eigenvalue weighted by Gasteiger charge is -2.37. The van der Waals surface area contributed by atoms with Crippen molar-refractivity contribution in [2.75, 3.05) is 7.11 Å². The fourth-order valence-corrected chi connectivity index (χ4v) is 5.89. The van der Waals surface area contributed by atoms with E-state index in [9.17, 15) is 9.59 Å². The van der Waals surface area contributed by atoms with E-state index in [1.165, 1.54) is 7.11 Å². The van der Waals surface area contributed by atoms with E-state index >= 15 is 0 Å². The Morgan fingerprint density at radius 2 is 2.06 bits per heavy atom. The zero-order valence-electron chi connectivity index (χ0n) is 18.4. The van der Waals surface area contributed by atoms with Crippen LogP contribution in [0.15, 0.2) is 47.8 Å². The van der Waals surface area contributed by atoms with Gasteiger partial charge < -0.3 is 14.8 Å². The molecule has 1 aromatic heterocycles. The number of carbonyl (C=O) groups excluding carboxylic acids is 2. The number of benzene rings is 1. The summed E-state index contributed by atoms with van der Waals surface area (Å²) >= 11 is 7.63. The molecule has 1 aliphatic carbocycles. The molecule has 2 heterocycles. The average molecular weight is 472 g/mol. The number of ketones is 1. The Labute approximate surface area is 197 Å². The fourth-order valence-electron chi connectivity index (χ4n) is 4.48. The van der Waals surface area contributed by atoms with Crippen LogP contribution in [0.2, 0.25) is 5.02 Å². The highest BCUT2D eigenvalue weighted by atomic mass is 35.5. The summed E-state index contributed by atoms with van der Waals surface area (Å²) < 4.78 is 11.1. The summed E-state index contributed by atoms with van der Waals surface area (Å²) in [5.74, 6) is -0.569. The van der Waals surface area contributed by atoms with Crippen molar-refractivity contribution >= 4 is 34.7 Å². The van der Waals surface area contributed by atoms with Crippen LogP contribution in [0.5, 0.6) is 5.75 Å². The Morgan fingerprint density at radius 3 is 2.78 bits per heavy atom. The molecule has 32 heavy (non-hydrogen) atoms. The smallest absolute Gasteiger partial charge is 0.315 e. The quantitative estimate of drug-likeness (QED) is 0.575. The fraction of sp³-hybridized carbons (Fsp3) is 0.360. The molecular formula is C25H26ClNO4S. The van der Waals surface area contributed by atoms with Crippen molar-refractivity contribution in [1.29, 1.82) is 0 Å². The molecule has 0 saturated carbocycles. The molecule has 0 radical (unpaired) electrons.